The van der Waals surface area contributed by atoms with Gasteiger partial charge in [-0.2, -0.15) is 0 Å². The Kier molecular flexibility index (Phi) is 5.98. The Bertz CT molecular complexity index is 384. The zero-order valence-electron chi connectivity index (χ0n) is 11.2. The number of nitrogens with zero attached hydrogens (tertiary/aromatic N) is 1. The number of aryl methyl sites for hydroxylation is 2. The maximum Gasteiger partial charge on any atom is 0.250 e. The zero-order chi connectivity index (χ0) is 12.7. The van der Waals surface area contributed by atoms with Gasteiger partial charge in [0.2, 0.25) is 0 Å². The van der Waals surface area contributed by atoms with Crippen molar-refractivity contribution in [2.24, 2.45) is 0 Å². The van der Waals surface area contributed by atoms with Crippen molar-refractivity contribution in [1.29, 1.82) is 0 Å². The monoisotopic (exact) mass is 236 g/mol. The molecule has 17 heavy (non-hydrogen) atoms. The molecule has 1 heterocycles. The van der Waals surface area contributed by atoms with E-state index in [-0.39, 0.29) is 5.56 Å². The van der Waals surface area contributed by atoms with E-state index in [2.05, 4.69) is 19.2 Å². The van der Waals surface area contributed by atoms with Crippen LogP contribution >= 0.6 is 0 Å². The van der Waals surface area contributed by atoms with Crippen LogP contribution < -0.4 is 10.9 Å². The van der Waals surface area contributed by atoms with Gasteiger partial charge in [-0.25, -0.2) is 0 Å². The van der Waals surface area contributed by atoms with Crippen LogP contribution in [-0.2, 0) is 6.54 Å². The van der Waals surface area contributed by atoms with E-state index in [1.54, 1.807) is 10.6 Å². The Morgan fingerprint density at radius 2 is 2.18 bits per heavy atom. The van der Waals surface area contributed by atoms with Gasteiger partial charge in [-0.05, 0) is 44.9 Å². The molecule has 0 spiro atoms. The van der Waals surface area contributed by atoms with Crippen LogP contribution in [-0.4, -0.2) is 17.2 Å². The Balaban J connectivity index is 2.29. The quantitative estimate of drug-likeness (QED) is 0.737. The Hall–Kier alpha value is -1.09. The summed E-state index contributed by atoms with van der Waals surface area (Å²) in [7, 11) is 0. The molecule has 0 fully saturated rings. The van der Waals surface area contributed by atoms with Crippen LogP contribution in [0, 0.1) is 6.92 Å². The molecule has 0 aliphatic rings. The van der Waals surface area contributed by atoms with E-state index in [1.807, 2.05) is 19.2 Å². The summed E-state index contributed by atoms with van der Waals surface area (Å²) in [6, 6.07) is 4.26. The van der Waals surface area contributed by atoms with E-state index in [9.17, 15) is 4.79 Å². The third-order valence-electron chi connectivity index (χ3n) is 2.99. The van der Waals surface area contributed by atoms with E-state index in [1.165, 1.54) is 6.42 Å². The predicted octanol–water partition coefficient (Wildman–Crippen LogP) is 2.33. The first-order chi connectivity index (χ1) is 8.13. The first kappa shape index (κ1) is 14.0. The summed E-state index contributed by atoms with van der Waals surface area (Å²) in [6.45, 7) is 8.14. The van der Waals surface area contributed by atoms with Gasteiger partial charge in [0, 0.05) is 24.8 Å². The Labute approximate surface area is 104 Å². The molecule has 3 nitrogen and oxygen atoms in total. The molecule has 0 radical (unpaired) electrons. The van der Waals surface area contributed by atoms with Crippen LogP contribution in [0.1, 0.15) is 38.7 Å². The number of unbranched alkanes of at least 4 members (excludes halogenated alkanes) is 1. The lowest BCUT2D eigenvalue weighted by atomic mass is 10.1. The van der Waals surface area contributed by atoms with Gasteiger partial charge in [0.25, 0.3) is 5.56 Å². The van der Waals surface area contributed by atoms with Gasteiger partial charge in [-0.3, -0.25) is 4.79 Å². The lowest BCUT2D eigenvalue weighted by Crippen LogP contribution is -2.25. The summed E-state index contributed by atoms with van der Waals surface area (Å²) in [5.74, 6) is 0. The van der Waals surface area contributed by atoms with Gasteiger partial charge < -0.3 is 9.88 Å². The van der Waals surface area contributed by atoms with Crippen molar-refractivity contribution in [3.8, 4) is 0 Å². The summed E-state index contributed by atoms with van der Waals surface area (Å²) in [5, 5.41) is 3.39. The van der Waals surface area contributed by atoms with Gasteiger partial charge in [0.15, 0.2) is 0 Å². The van der Waals surface area contributed by atoms with Crippen molar-refractivity contribution in [1.82, 2.24) is 9.88 Å². The summed E-state index contributed by atoms with van der Waals surface area (Å²) in [4.78, 5) is 11.6. The average Bonchev–Trinajstić information content (AvgIpc) is 2.27. The molecular weight excluding hydrogens is 212 g/mol. The number of pyridine rings is 1. The molecule has 3 heteroatoms. The van der Waals surface area contributed by atoms with Gasteiger partial charge in [-0.1, -0.05) is 13.3 Å². The molecule has 1 aromatic rings. The largest absolute Gasteiger partial charge is 0.316 e. The zero-order valence-corrected chi connectivity index (χ0v) is 11.2. The molecule has 1 aromatic heterocycles. The molecule has 0 bridgehead atoms. The maximum atomic E-state index is 11.6. The van der Waals surface area contributed by atoms with E-state index in [0.29, 0.717) is 6.04 Å². The third-order valence-corrected chi connectivity index (χ3v) is 2.99. The topological polar surface area (TPSA) is 34.0 Å². The lowest BCUT2D eigenvalue weighted by Gasteiger charge is -2.12. The molecule has 1 unspecified atom stereocenters. The number of hydrogen-bond donors (Lipinski definition) is 1. The van der Waals surface area contributed by atoms with Gasteiger partial charge >= 0.3 is 0 Å². The third kappa shape index (κ3) is 5.18. The second-order valence-corrected chi connectivity index (χ2v) is 4.69. The first-order valence-corrected chi connectivity index (χ1v) is 6.54. The van der Waals surface area contributed by atoms with Crippen LogP contribution in [0.2, 0.25) is 0 Å². The summed E-state index contributed by atoms with van der Waals surface area (Å²) < 4.78 is 1.80. The average molecular weight is 236 g/mol. The number of nitrogens with one attached hydrogen (secondary N) is 1. The second-order valence-electron chi connectivity index (χ2n) is 4.69. The fourth-order valence-corrected chi connectivity index (χ4v) is 1.97. The molecule has 0 aliphatic carbocycles. The molecule has 1 N–H and O–H groups in total. The highest BCUT2D eigenvalue weighted by atomic mass is 16.1. The van der Waals surface area contributed by atoms with Crippen molar-refractivity contribution >= 4 is 0 Å². The highest BCUT2D eigenvalue weighted by Crippen LogP contribution is 2.02. The smallest absolute Gasteiger partial charge is 0.250 e. The molecule has 0 aromatic carbocycles. The minimum absolute atomic E-state index is 0.115. The fraction of sp³-hybridized carbons (Fsp3) is 0.643. The second kappa shape index (κ2) is 7.28. The normalized spacial score (nSPS) is 12.6. The van der Waals surface area contributed by atoms with Crippen molar-refractivity contribution in [2.45, 2.75) is 52.6 Å². The van der Waals surface area contributed by atoms with E-state index >= 15 is 0 Å². The molecule has 0 amide bonds. The molecule has 0 aliphatic heterocycles. The Morgan fingerprint density at radius 1 is 1.41 bits per heavy atom. The van der Waals surface area contributed by atoms with E-state index < -0.39 is 0 Å². The minimum Gasteiger partial charge on any atom is -0.316 e. The highest BCUT2D eigenvalue weighted by molar-refractivity contribution is 5.07. The van der Waals surface area contributed by atoms with Crippen LogP contribution in [0.3, 0.4) is 0 Å². The maximum absolute atomic E-state index is 11.6. The molecule has 0 saturated carbocycles. The van der Waals surface area contributed by atoms with Crippen LogP contribution in [0.25, 0.3) is 0 Å². The Morgan fingerprint density at radius 3 is 2.82 bits per heavy atom. The fourth-order valence-electron chi connectivity index (χ4n) is 1.97. The summed E-state index contributed by atoms with van der Waals surface area (Å²) >= 11 is 0. The summed E-state index contributed by atoms with van der Waals surface area (Å²) in [6.07, 6.45) is 5.30. The standard InChI is InChI=1S/C14H24N2O/c1-4-15-13(3)7-5-6-9-16-10-8-12(2)11-14(16)17/h8,10-11,13,15H,4-7,9H2,1-3H3. The molecule has 0 saturated heterocycles. The van der Waals surface area contributed by atoms with Crippen molar-refractivity contribution in [3.63, 3.8) is 0 Å². The van der Waals surface area contributed by atoms with Gasteiger partial charge in [0.1, 0.15) is 0 Å². The van der Waals surface area contributed by atoms with Crippen molar-refractivity contribution in [2.75, 3.05) is 6.54 Å². The SMILES string of the molecule is CCNC(C)CCCCn1ccc(C)cc1=O. The van der Waals surface area contributed by atoms with Crippen LogP contribution in [0.5, 0.6) is 0 Å². The lowest BCUT2D eigenvalue weighted by molar-refractivity contribution is 0.483. The minimum atomic E-state index is 0.115. The van der Waals surface area contributed by atoms with Gasteiger partial charge in [0.05, 0.1) is 0 Å². The molecule has 1 atom stereocenters. The van der Waals surface area contributed by atoms with Crippen LogP contribution in [0.4, 0.5) is 0 Å². The number of hydrogen-bond acceptors (Lipinski definition) is 2. The van der Waals surface area contributed by atoms with Gasteiger partial charge in [-0.15, -0.1) is 0 Å². The van der Waals surface area contributed by atoms with Crippen LogP contribution in [0.15, 0.2) is 23.1 Å². The molecular formula is C14H24N2O. The van der Waals surface area contributed by atoms with Crippen molar-refractivity contribution in [3.05, 3.63) is 34.2 Å². The van der Waals surface area contributed by atoms with Crippen molar-refractivity contribution < 1.29 is 0 Å². The molecule has 1 rings (SSSR count). The first-order valence-electron chi connectivity index (χ1n) is 6.54. The highest BCUT2D eigenvalue weighted by Gasteiger charge is 2.00. The predicted molar refractivity (Wildman–Crippen MR) is 72.4 cm³/mol. The van der Waals surface area contributed by atoms with E-state index in [4.69, 9.17) is 0 Å². The molecule has 96 valence electrons. The summed E-state index contributed by atoms with van der Waals surface area (Å²) in [5.41, 5.74) is 1.15. The number of aromatic nitrogens is 1. The van der Waals surface area contributed by atoms with E-state index in [0.717, 1.165) is 31.5 Å². The number of rotatable bonds is 7.